The highest BCUT2D eigenvalue weighted by molar-refractivity contribution is 5.78. The van der Waals surface area contributed by atoms with Crippen LogP contribution in [-0.2, 0) is 11.3 Å². The first-order chi connectivity index (χ1) is 12.8. The number of carbonyl (C=O) groups excluding carboxylic acids is 1. The SMILES string of the molecule is O=C(NCc1ccc([C@H]2COc3cccnc3O2)cc1)C1CCCNC1. The maximum Gasteiger partial charge on any atom is 0.257 e. The highest BCUT2D eigenvalue weighted by Gasteiger charge is 2.23. The fourth-order valence-corrected chi connectivity index (χ4v) is 3.33. The van der Waals surface area contributed by atoms with E-state index in [0.717, 1.165) is 37.1 Å². The Labute approximate surface area is 152 Å². The van der Waals surface area contributed by atoms with Crippen LogP contribution in [0, 0.1) is 5.92 Å². The molecule has 2 aliphatic rings. The van der Waals surface area contributed by atoms with E-state index in [1.807, 2.05) is 36.4 Å². The first kappa shape index (κ1) is 16.8. The van der Waals surface area contributed by atoms with Gasteiger partial charge in [0.05, 0.1) is 5.92 Å². The number of benzene rings is 1. The zero-order chi connectivity index (χ0) is 17.8. The normalized spacial score (nSPS) is 21.8. The molecule has 1 fully saturated rings. The molecule has 136 valence electrons. The van der Waals surface area contributed by atoms with Crippen LogP contribution in [0.1, 0.15) is 30.1 Å². The summed E-state index contributed by atoms with van der Waals surface area (Å²) in [6, 6.07) is 11.8. The van der Waals surface area contributed by atoms with Crippen LogP contribution in [0.3, 0.4) is 0 Å². The summed E-state index contributed by atoms with van der Waals surface area (Å²) in [5, 5.41) is 6.31. The predicted molar refractivity (Wildman–Crippen MR) is 97.0 cm³/mol. The molecule has 0 spiro atoms. The number of amides is 1. The Hall–Kier alpha value is -2.60. The van der Waals surface area contributed by atoms with Gasteiger partial charge in [-0.3, -0.25) is 4.79 Å². The fraction of sp³-hybridized carbons (Fsp3) is 0.400. The first-order valence-electron chi connectivity index (χ1n) is 9.11. The van der Waals surface area contributed by atoms with Gasteiger partial charge in [-0.1, -0.05) is 24.3 Å². The van der Waals surface area contributed by atoms with Crippen LogP contribution in [-0.4, -0.2) is 30.6 Å². The summed E-state index contributed by atoms with van der Waals surface area (Å²) in [6.07, 6.45) is 3.55. The molecule has 0 radical (unpaired) electrons. The molecule has 2 N–H and O–H groups in total. The molecule has 1 unspecified atom stereocenters. The second-order valence-corrected chi connectivity index (χ2v) is 6.73. The zero-order valence-electron chi connectivity index (χ0n) is 14.6. The molecule has 1 aromatic carbocycles. The molecule has 6 heteroatoms. The molecule has 0 aliphatic carbocycles. The van der Waals surface area contributed by atoms with E-state index in [2.05, 4.69) is 15.6 Å². The van der Waals surface area contributed by atoms with Crippen molar-refractivity contribution in [1.82, 2.24) is 15.6 Å². The number of aromatic nitrogens is 1. The summed E-state index contributed by atoms with van der Waals surface area (Å²) in [4.78, 5) is 16.4. The van der Waals surface area contributed by atoms with Crippen molar-refractivity contribution in [2.75, 3.05) is 19.7 Å². The second-order valence-electron chi connectivity index (χ2n) is 6.73. The quantitative estimate of drug-likeness (QED) is 0.882. The van der Waals surface area contributed by atoms with E-state index in [1.54, 1.807) is 6.20 Å². The topological polar surface area (TPSA) is 72.5 Å². The minimum absolute atomic E-state index is 0.0865. The van der Waals surface area contributed by atoms with Crippen LogP contribution in [0.2, 0.25) is 0 Å². The van der Waals surface area contributed by atoms with Gasteiger partial charge >= 0.3 is 0 Å². The predicted octanol–water partition coefficient (Wildman–Crippen LogP) is 2.21. The third-order valence-electron chi connectivity index (χ3n) is 4.87. The minimum atomic E-state index is -0.172. The molecule has 1 aromatic heterocycles. The molecule has 0 saturated carbocycles. The maximum atomic E-state index is 12.2. The van der Waals surface area contributed by atoms with E-state index in [4.69, 9.17) is 9.47 Å². The standard InChI is InChI=1S/C20H23N3O3/c24-19(16-3-1-9-21-12-16)23-11-14-5-7-15(8-6-14)18-13-25-17-4-2-10-22-20(17)26-18/h2,4-8,10,16,18,21H,1,3,9,11-13H2,(H,23,24)/t16?,18-/m1/s1. The van der Waals surface area contributed by atoms with Crippen LogP contribution >= 0.6 is 0 Å². The Balaban J connectivity index is 1.33. The van der Waals surface area contributed by atoms with E-state index in [9.17, 15) is 4.79 Å². The van der Waals surface area contributed by atoms with Crippen molar-refractivity contribution in [3.63, 3.8) is 0 Å². The highest BCUT2D eigenvalue weighted by Crippen LogP contribution is 2.33. The van der Waals surface area contributed by atoms with Gasteiger partial charge in [0.2, 0.25) is 5.91 Å². The Bertz CT molecular complexity index is 757. The van der Waals surface area contributed by atoms with Gasteiger partial charge in [0.1, 0.15) is 6.61 Å². The van der Waals surface area contributed by atoms with Crippen molar-refractivity contribution >= 4 is 5.91 Å². The molecule has 26 heavy (non-hydrogen) atoms. The Morgan fingerprint density at radius 1 is 1.27 bits per heavy atom. The van der Waals surface area contributed by atoms with Crippen LogP contribution in [0.25, 0.3) is 0 Å². The molecule has 3 heterocycles. The molecule has 1 amide bonds. The van der Waals surface area contributed by atoms with Crippen molar-refractivity contribution in [3.05, 3.63) is 53.7 Å². The Morgan fingerprint density at radius 3 is 2.96 bits per heavy atom. The van der Waals surface area contributed by atoms with Gasteiger partial charge in [0.15, 0.2) is 11.9 Å². The van der Waals surface area contributed by atoms with Crippen LogP contribution in [0.15, 0.2) is 42.6 Å². The van der Waals surface area contributed by atoms with E-state index in [1.165, 1.54) is 0 Å². The number of piperidine rings is 1. The lowest BCUT2D eigenvalue weighted by molar-refractivity contribution is -0.125. The van der Waals surface area contributed by atoms with Gasteiger partial charge in [-0.25, -0.2) is 4.98 Å². The number of carbonyl (C=O) groups is 1. The van der Waals surface area contributed by atoms with Gasteiger partial charge < -0.3 is 20.1 Å². The number of fused-ring (bicyclic) bond motifs is 1. The summed E-state index contributed by atoms with van der Waals surface area (Å²) in [5.74, 6) is 1.43. The lowest BCUT2D eigenvalue weighted by Gasteiger charge is -2.25. The van der Waals surface area contributed by atoms with E-state index < -0.39 is 0 Å². The van der Waals surface area contributed by atoms with Gasteiger partial charge in [0.25, 0.3) is 5.88 Å². The molecule has 1 saturated heterocycles. The number of pyridine rings is 1. The van der Waals surface area contributed by atoms with Crippen LogP contribution in [0.4, 0.5) is 0 Å². The van der Waals surface area contributed by atoms with Crippen molar-refractivity contribution in [1.29, 1.82) is 0 Å². The molecule has 6 nitrogen and oxygen atoms in total. The number of ether oxygens (including phenoxy) is 2. The highest BCUT2D eigenvalue weighted by atomic mass is 16.6. The van der Waals surface area contributed by atoms with E-state index in [0.29, 0.717) is 24.8 Å². The number of rotatable bonds is 4. The molecule has 2 aromatic rings. The number of nitrogens with zero attached hydrogens (tertiary/aromatic N) is 1. The third kappa shape index (κ3) is 3.80. The van der Waals surface area contributed by atoms with Gasteiger partial charge in [0, 0.05) is 19.3 Å². The smallest absolute Gasteiger partial charge is 0.257 e. The summed E-state index contributed by atoms with van der Waals surface area (Å²) in [7, 11) is 0. The van der Waals surface area contributed by atoms with Crippen LogP contribution < -0.4 is 20.1 Å². The molecule has 4 rings (SSSR count). The first-order valence-corrected chi connectivity index (χ1v) is 9.11. The number of hydrogen-bond donors (Lipinski definition) is 2. The zero-order valence-corrected chi connectivity index (χ0v) is 14.6. The largest absolute Gasteiger partial charge is 0.484 e. The van der Waals surface area contributed by atoms with Gasteiger partial charge in [-0.05, 0) is 42.6 Å². The van der Waals surface area contributed by atoms with Crippen molar-refractivity contribution in [2.45, 2.75) is 25.5 Å². The van der Waals surface area contributed by atoms with Crippen molar-refractivity contribution in [2.24, 2.45) is 5.92 Å². The second kappa shape index (κ2) is 7.74. The summed E-state index contributed by atoms with van der Waals surface area (Å²) < 4.78 is 11.6. The molecule has 0 bridgehead atoms. The maximum absolute atomic E-state index is 12.2. The number of nitrogens with one attached hydrogen (secondary N) is 2. The molecule has 2 aliphatic heterocycles. The number of hydrogen-bond acceptors (Lipinski definition) is 5. The fourth-order valence-electron chi connectivity index (χ4n) is 3.33. The monoisotopic (exact) mass is 353 g/mol. The summed E-state index contributed by atoms with van der Waals surface area (Å²) in [6.45, 7) is 2.79. The van der Waals surface area contributed by atoms with Crippen LogP contribution in [0.5, 0.6) is 11.6 Å². The van der Waals surface area contributed by atoms with Crippen molar-refractivity contribution < 1.29 is 14.3 Å². The van der Waals surface area contributed by atoms with Gasteiger partial charge in [-0.2, -0.15) is 0 Å². The minimum Gasteiger partial charge on any atom is -0.484 e. The average Bonchev–Trinajstić information content (AvgIpc) is 2.72. The Kier molecular flexibility index (Phi) is 5.02. The molecule has 2 atom stereocenters. The summed E-state index contributed by atoms with van der Waals surface area (Å²) in [5.41, 5.74) is 2.11. The third-order valence-corrected chi connectivity index (χ3v) is 4.87. The summed E-state index contributed by atoms with van der Waals surface area (Å²) >= 11 is 0. The molecular formula is C20H23N3O3. The van der Waals surface area contributed by atoms with Gasteiger partial charge in [-0.15, -0.1) is 0 Å². The average molecular weight is 353 g/mol. The Morgan fingerprint density at radius 2 is 2.15 bits per heavy atom. The van der Waals surface area contributed by atoms with Crippen molar-refractivity contribution in [3.8, 4) is 11.6 Å². The van der Waals surface area contributed by atoms with E-state index in [-0.39, 0.29) is 17.9 Å². The lowest BCUT2D eigenvalue weighted by atomic mass is 9.99. The molecular weight excluding hydrogens is 330 g/mol. The lowest BCUT2D eigenvalue weighted by Crippen LogP contribution is -2.40. The van der Waals surface area contributed by atoms with E-state index >= 15 is 0 Å².